The van der Waals surface area contributed by atoms with Gasteiger partial charge in [-0.05, 0) is 30.7 Å². The summed E-state index contributed by atoms with van der Waals surface area (Å²) < 4.78 is 44.2. The van der Waals surface area contributed by atoms with Crippen molar-refractivity contribution in [2.24, 2.45) is 0 Å². The first-order valence-electron chi connectivity index (χ1n) is 4.95. The van der Waals surface area contributed by atoms with E-state index in [0.29, 0.717) is 0 Å². The van der Waals surface area contributed by atoms with Crippen LogP contribution >= 0.6 is 0 Å². The van der Waals surface area contributed by atoms with Crippen LogP contribution < -0.4 is 4.74 Å². The molecule has 0 spiro atoms. The fourth-order valence-electron chi connectivity index (χ4n) is 1.42. The molecule has 0 aliphatic heterocycles. The third-order valence-electron chi connectivity index (χ3n) is 2.22. The number of aryl methyl sites for hydroxylation is 1. The van der Waals surface area contributed by atoms with Gasteiger partial charge >= 0.3 is 0 Å². The third kappa shape index (κ3) is 2.58. The first-order valence-corrected chi connectivity index (χ1v) is 4.95. The zero-order chi connectivity index (χ0) is 12.4. The molecule has 0 saturated carbocycles. The van der Waals surface area contributed by atoms with Crippen molar-refractivity contribution in [2.45, 2.75) is 6.92 Å². The largest absolute Gasteiger partial charge is 0.457 e. The summed E-state index contributed by atoms with van der Waals surface area (Å²) in [5.41, 5.74) is 0.136. The van der Waals surface area contributed by atoms with E-state index >= 15 is 0 Å². The highest BCUT2D eigenvalue weighted by atomic mass is 19.2. The van der Waals surface area contributed by atoms with Crippen LogP contribution in [0.4, 0.5) is 13.2 Å². The average Bonchev–Trinajstić information content (AvgIpc) is 2.26. The predicted octanol–water partition coefficient (Wildman–Crippen LogP) is 4.20. The molecule has 0 heterocycles. The summed E-state index contributed by atoms with van der Waals surface area (Å²) in [7, 11) is 0. The van der Waals surface area contributed by atoms with E-state index in [-0.39, 0.29) is 17.1 Å². The van der Waals surface area contributed by atoms with Gasteiger partial charge < -0.3 is 4.74 Å². The molecular weight excluding hydrogens is 229 g/mol. The van der Waals surface area contributed by atoms with Crippen molar-refractivity contribution in [2.75, 3.05) is 0 Å². The Hall–Kier alpha value is -1.97. The average molecular weight is 238 g/mol. The number of ether oxygens (including phenoxy) is 1. The van der Waals surface area contributed by atoms with Crippen molar-refractivity contribution >= 4 is 0 Å². The molecule has 0 N–H and O–H groups in total. The van der Waals surface area contributed by atoms with Gasteiger partial charge in [0.25, 0.3) is 0 Å². The lowest BCUT2D eigenvalue weighted by atomic mass is 10.2. The lowest BCUT2D eigenvalue weighted by Gasteiger charge is -2.07. The monoisotopic (exact) mass is 238 g/mol. The van der Waals surface area contributed by atoms with E-state index in [4.69, 9.17) is 4.74 Å². The second-order valence-corrected chi connectivity index (χ2v) is 3.60. The van der Waals surface area contributed by atoms with Crippen LogP contribution in [0.25, 0.3) is 0 Å². The third-order valence-corrected chi connectivity index (χ3v) is 2.22. The molecule has 0 amide bonds. The summed E-state index contributed by atoms with van der Waals surface area (Å²) in [6, 6.07) is 7.70. The van der Waals surface area contributed by atoms with Crippen LogP contribution in [0.5, 0.6) is 11.5 Å². The van der Waals surface area contributed by atoms with Crippen LogP contribution in [0.2, 0.25) is 0 Å². The van der Waals surface area contributed by atoms with Crippen LogP contribution in [0, 0.1) is 24.4 Å². The van der Waals surface area contributed by atoms with Crippen LogP contribution in [0.3, 0.4) is 0 Å². The van der Waals surface area contributed by atoms with E-state index in [1.165, 1.54) is 31.2 Å². The maximum atomic E-state index is 13.1. The number of benzene rings is 2. The SMILES string of the molecule is Cc1cc(Oc2cccc(F)c2)cc(F)c1F. The van der Waals surface area contributed by atoms with Crippen LogP contribution in [-0.4, -0.2) is 0 Å². The predicted molar refractivity (Wildman–Crippen MR) is 57.6 cm³/mol. The molecule has 0 saturated heterocycles. The van der Waals surface area contributed by atoms with E-state index in [0.717, 1.165) is 12.1 Å². The van der Waals surface area contributed by atoms with Gasteiger partial charge in [-0.2, -0.15) is 0 Å². The Labute approximate surface area is 96.5 Å². The lowest BCUT2D eigenvalue weighted by molar-refractivity contribution is 0.455. The highest BCUT2D eigenvalue weighted by molar-refractivity contribution is 5.35. The number of hydrogen-bond acceptors (Lipinski definition) is 1. The summed E-state index contributed by atoms with van der Waals surface area (Å²) in [5, 5.41) is 0. The lowest BCUT2D eigenvalue weighted by Crippen LogP contribution is -1.92. The molecule has 0 aliphatic rings. The molecule has 2 aromatic carbocycles. The summed E-state index contributed by atoms with van der Waals surface area (Å²) in [6.45, 7) is 1.43. The number of hydrogen-bond donors (Lipinski definition) is 0. The van der Waals surface area contributed by atoms with Crippen molar-refractivity contribution in [1.29, 1.82) is 0 Å². The zero-order valence-electron chi connectivity index (χ0n) is 9.01. The Bertz CT molecular complexity index is 529. The summed E-state index contributed by atoms with van der Waals surface area (Å²) in [6.07, 6.45) is 0. The Morgan fingerprint density at radius 3 is 2.35 bits per heavy atom. The van der Waals surface area contributed by atoms with E-state index in [2.05, 4.69) is 0 Å². The molecule has 0 atom stereocenters. The smallest absolute Gasteiger partial charge is 0.162 e. The molecule has 2 rings (SSSR count). The van der Waals surface area contributed by atoms with Gasteiger partial charge in [-0.3, -0.25) is 0 Å². The molecule has 0 aliphatic carbocycles. The highest BCUT2D eigenvalue weighted by Crippen LogP contribution is 2.25. The van der Waals surface area contributed by atoms with Gasteiger partial charge in [-0.15, -0.1) is 0 Å². The van der Waals surface area contributed by atoms with Gasteiger partial charge in [0.15, 0.2) is 11.6 Å². The molecule has 88 valence electrons. The highest BCUT2D eigenvalue weighted by Gasteiger charge is 2.08. The van der Waals surface area contributed by atoms with Gasteiger partial charge in [-0.1, -0.05) is 6.07 Å². The molecule has 0 bridgehead atoms. The minimum absolute atomic E-state index is 0.131. The molecule has 1 nitrogen and oxygen atoms in total. The summed E-state index contributed by atoms with van der Waals surface area (Å²) >= 11 is 0. The number of rotatable bonds is 2. The Balaban J connectivity index is 2.31. The van der Waals surface area contributed by atoms with Gasteiger partial charge in [0.05, 0.1) is 0 Å². The Morgan fingerprint density at radius 1 is 0.941 bits per heavy atom. The summed E-state index contributed by atoms with van der Waals surface area (Å²) in [5.74, 6) is -1.99. The first-order chi connectivity index (χ1) is 8.06. The van der Waals surface area contributed by atoms with E-state index in [1.54, 1.807) is 0 Å². The molecule has 17 heavy (non-hydrogen) atoms. The quantitative estimate of drug-likeness (QED) is 0.761. The first kappa shape index (κ1) is 11.5. The van der Waals surface area contributed by atoms with Crippen LogP contribution in [-0.2, 0) is 0 Å². The Kier molecular flexibility index (Phi) is 3.04. The normalized spacial score (nSPS) is 10.4. The molecular formula is C13H9F3O. The fourth-order valence-corrected chi connectivity index (χ4v) is 1.42. The standard InChI is InChI=1S/C13H9F3O/c1-8-5-11(7-12(15)13(8)16)17-10-4-2-3-9(14)6-10/h2-7H,1H3. The molecule has 0 fully saturated rings. The van der Waals surface area contributed by atoms with Crippen LogP contribution in [0.15, 0.2) is 36.4 Å². The maximum Gasteiger partial charge on any atom is 0.162 e. The number of halogens is 3. The molecule has 0 radical (unpaired) electrons. The fraction of sp³-hybridized carbons (Fsp3) is 0.0769. The molecule has 0 unspecified atom stereocenters. The van der Waals surface area contributed by atoms with Gasteiger partial charge in [-0.25, -0.2) is 13.2 Å². The second-order valence-electron chi connectivity index (χ2n) is 3.60. The zero-order valence-corrected chi connectivity index (χ0v) is 9.01. The van der Waals surface area contributed by atoms with Gasteiger partial charge in [0, 0.05) is 12.1 Å². The van der Waals surface area contributed by atoms with E-state index < -0.39 is 17.5 Å². The topological polar surface area (TPSA) is 9.23 Å². The van der Waals surface area contributed by atoms with Crippen molar-refractivity contribution in [1.82, 2.24) is 0 Å². The van der Waals surface area contributed by atoms with Crippen molar-refractivity contribution in [3.63, 3.8) is 0 Å². The van der Waals surface area contributed by atoms with Crippen molar-refractivity contribution in [3.8, 4) is 11.5 Å². The Morgan fingerprint density at radius 2 is 1.71 bits per heavy atom. The van der Waals surface area contributed by atoms with Gasteiger partial charge in [0.1, 0.15) is 17.3 Å². The molecule has 0 aromatic heterocycles. The second kappa shape index (κ2) is 4.49. The summed E-state index contributed by atoms with van der Waals surface area (Å²) in [4.78, 5) is 0. The van der Waals surface area contributed by atoms with Crippen molar-refractivity contribution in [3.05, 3.63) is 59.4 Å². The van der Waals surface area contributed by atoms with E-state index in [9.17, 15) is 13.2 Å². The molecule has 2 aromatic rings. The van der Waals surface area contributed by atoms with Crippen LogP contribution in [0.1, 0.15) is 5.56 Å². The minimum Gasteiger partial charge on any atom is -0.457 e. The van der Waals surface area contributed by atoms with Crippen molar-refractivity contribution < 1.29 is 17.9 Å². The maximum absolute atomic E-state index is 13.1. The van der Waals surface area contributed by atoms with E-state index in [1.807, 2.05) is 0 Å². The molecule has 4 heteroatoms. The minimum atomic E-state index is -0.989. The van der Waals surface area contributed by atoms with Gasteiger partial charge in [0.2, 0.25) is 0 Å².